The summed E-state index contributed by atoms with van der Waals surface area (Å²) in [5, 5.41) is 14.7. The minimum atomic E-state index is -0.621. The van der Waals surface area contributed by atoms with Crippen LogP contribution >= 0.6 is 11.6 Å². The van der Waals surface area contributed by atoms with E-state index in [1.165, 1.54) is 19.2 Å². The number of benzene rings is 2. The first-order valence-corrected chi connectivity index (χ1v) is 8.30. The van der Waals surface area contributed by atoms with Crippen molar-refractivity contribution in [2.75, 3.05) is 13.7 Å². The minimum Gasteiger partial charge on any atom is -0.493 e. The Morgan fingerprint density at radius 1 is 1.27 bits per heavy atom. The van der Waals surface area contributed by atoms with E-state index in [4.69, 9.17) is 21.1 Å². The molecular weight excluding hydrogens is 360 g/mol. The molecule has 0 saturated carbocycles. The molecule has 0 bridgehead atoms. The van der Waals surface area contributed by atoms with Crippen molar-refractivity contribution in [1.29, 1.82) is 0 Å². The van der Waals surface area contributed by atoms with Crippen LogP contribution in [0.4, 0.5) is 5.69 Å². The second kappa shape index (κ2) is 8.53. The smallest absolute Gasteiger partial charge is 0.286 e. The van der Waals surface area contributed by atoms with E-state index in [0.717, 1.165) is 5.56 Å². The summed E-state index contributed by atoms with van der Waals surface area (Å²) in [6.45, 7) is 3.84. The minimum absolute atomic E-state index is 0.101. The molecule has 138 valence electrons. The molecule has 0 spiro atoms. The van der Waals surface area contributed by atoms with Crippen LogP contribution in [0.25, 0.3) is 0 Å². The zero-order valence-corrected chi connectivity index (χ0v) is 15.4. The molecule has 7 nitrogen and oxygen atoms in total. The third-order valence-corrected chi connectivity index (χ3v) is 3.99. The fraction of sp³-hybridized carbons (Fsp3) is 0.278. The molecule has 2 aromatic rings. The van der Waals surface area contributed by atoms with E-state index in [2.05, 4.69) is 5.32 Å². The van der Waals surface area contributed by atoms with Gasteiger partial charge in [0.1, 0.15) is 5.56 Å². The maximum atomic E-state index is 12.6. The third-order valence-electron chi connectivity index (χ3n) is 3.74. The van der Waals surface area contributed by atoms with Crippen molar-refractivity contribution in [3.05, 3.63) is 62.7 Å². The van der Waals surface area contributed by atoms with Crippen LogP contribution in [0.2, 0.25) is 5.02 Å². The van der Waals surface area contributed by atoms with Crippen LogP contribution in [0, 0.1) is 10.1 Å². The van der Waals surface area contributed by atoms with Crippen molar-refractivity contribution in [2.24, 2.45) is 0 Å². The van der Waals surface area contributed by atoms with Gasteiger partial charge in [0.15, 0.2) is 11.5 Å². The standard InChI is InChI=1S/C18H19ClN2O5/c1-4-26-17-10-15(21(23)24)14(9-16(17)25-3)18(22)20-11(2)12-5-7-13(19)8-6-12/h5-11H,4H2,1-3H3,(H,20,22). The molecule has 0 aromatic heterocycles. The zero-order valence-electron chi connectivity index (χ0n) is 14.6. The van der Waals surface area contributed by atoms with Gasteiger partial charge in [-0.25, -0.2) is 0 Å². The van der Waals surface area contributed by atoms with Crippen LogP contribution in [-0.4, -0.2) is 24.5 Å². The summed E-state index contributed by atoms with van der Waals surface area (Å²) in [4.78, 5) is 23.4. The fourth-order valence-electron chi connectivity index (χ4n) is 2.42. The van der Waals surface area contributed by atoms with Crippen molar-refractivity contribution < 1.29 is 19.2 Å². The van der Waals surface area contributed by atoms with Crippen LogP contribution in [0.3, 0.4) is 0 Å². The molecular formula is C18H19ClN2O5. The molecule has 1 N–H and O–H groups in total. The van der Waals surface area contributed by atoms with E-state index < -0.39 is 10.8 Å². The second-order valence-corrected chi connectivity index (χ2v) is 5.89. The van der Waals surface area contributed by atoms with Gasteiger partial charge in [0.2, 0.25) is 0 Å². The highest BCUT2D eigenvalue weighted by Gasteiger charge is 2.25. The Morgan fingerprint density at radius 3 is 2.46 bits per heavy atom. The van der Waals surface area contributed by atoms with Crippen molar-refractivity contribution >= 4 is 23.2 Å². The van der Waals surface area contributed by atoms with Crippen LogP contribution in [-0.2, 0) is 0 Å². The highest BCUT2D eigenvalue weighted by molar-refractivity contribution is 6.30. The maximum absolute atomic E-state index is 12.6. The van der Waals surface area contributed by atoms with Gasteiger partial charge in [-0.1, -0.05) is 23.7 Å². The highest BCUT2D eigenvalue weighted by atomic mass is 35.5. The van der Waals surface area contributed by atoms with E-state index in [1.807, 2.05) is 0 Å². The first-order chi connectivity index (χ1) is 12.4. The Labute approximate surface area is 156 Å². The molecule has 0 aliphatic rings. The molecule has 1 unspecified atom stereocenters. The van der Waals surface area contributed by atoms with Gasteiger partial charge in [0, 0.05) is 11.1 Å². The van der Waals surface area contributed by atoms with Crippen LogP contribution in [0.1, 0.15) is 35.8 Å². The number of amides is 1. The quantitative estimate of drug-likeness (QED) is 0.577. The largest absolute Gasteiger partial charge is 0.493 e. The lowest BCUT2D eigenvalue weighted by Gasteiger charge is -2.16. The van der Waals surface area contributed by atoms with E-state index in [0.29, 0.717) is 11.6 Å². The average molecular weight is 379 g/mol. The van der Waals surface area contributed by atoms with E-state index in [9.17, 15) is 14.9 Å². The van der Waals surface area contributed by atoms with Gasteiger partial charge in [-0.15, -0.1) is 0 Å². The van der Waals surface area contributed by atoms with Gasteiger partial charge in [0.05, 0.1) is 30.7 Å². The van der Waals surface area contributed by atoms with Gasteiger partial charge in [0.25, 0.3) is 11.6 Å². The number of hydrogen-bond acceptors (Lipinski definition) is 5. The van der Waals surface area contributed by atoms with Gasteiger partial charge in [-0.05, 0) is 31.5 Å². The summed E-state index contributed by atoms with van der Waals surface area (Å²) in [6, 6.07) is 9.12. The number of hydrogen-bond donors (Lipinski definition) is 1. The Bertz CT molecular complexity index is 808. The number of nitrogens with one attached hydrogen (secondary N) is 1. The summed E-state index contributed by atoms with van der Waals surface area (Å²) in [5.41, 5.74) is 0.370. The number of nitro benzene ring substituents is 1. The maximum Gasteiger partial charge on any atom is 0.286 e. The van der Waals surface area contributed by atoms with E-state index in [1.54, 1.807) is 38.1 Å². The molecule has 1 amide bonds. The molecule has 2 rings (SSSR count). The van der Waals surface area contributed by atoms with Crippen molar-refractivity contribution in [3.63, 3.8) is 0 Å². The van der Waals surface area contributed by atoms with E-state index >= 15 is 0 Å². The molecule has 0 aliphatic carbocycles. The number of carbonyl (C=O) groups excluding carboxylic acids is 1. The molecule has 26 heavy (non-hydrogen) atoms. The average Bonchev–Trinajstić information content (AvgIpc) is 2.61. The number of carbonyl (C=O) groups is 1. The van der Waals surface area contributed by atoms with Gasteiger partial charge in [-0.2, -0.15) is 0 Å². The predicted molar refractivity (Wildman–Crippen MR) is 98.2 cm³/mol. The van der Waals surface area contributed by atoms with Crippen LogP contribution in [0.15, 0.2) is 36.4 Å². The molecule has 1 atom stereocenters. The molecule has 0 fully saturated rings. The summed E-state index contributed by atoms with van der Waals surface area (Å²) in [7, 11) is 1.40. The van der Waals surface area contributed by atoms with Gasteiger partial charge in [-0.3, -0.25) is 14.9 Å². The molecule has 2 aromatic carbocycles. The normalized spacial score (nSPS) is 11.5. The predicted octanol–water partition coefficient (Wildman–Crippen LogP) is 4.15. The Balaban J connectivity index is 2.34. The summed E-state index contributed by atoms with van der Waals surface area (Å²) in [6.07, 6.45) is 0. The molecule has 0 saturated heterocycles. The Kier molecular flexibility index (Phi) is 6.41. The second-order valence-electron chi connectivity index (χ2n) is 5.46. The van der Waals surface area contributed by atoms with Crippen molar-refractivity contribution in [3.8, 4) is 11.5 Å². The third kappa shape index (κ3) is 4.43. The number of nitrogens with zero attached hydrogens (tertiary/aromatic N) is 1. The first-order valence-electron chi connectivity index (χ1n) is 7.92. The monoisotopic (exact) mass is 378 g/mol. The van der Waals surface area contributed by atoms with Crippen LogP contribution in [0.5, 0.6) is 11.5 Å². The summed E-state index contributed by atoms with van der Waals surface area (Å²) < 4.78 is 10.5. The topological polar surface area (TPSA) is 90.7 Å². The zero-order chi connectivity index (χ0) is 19.3. The SMILES string of the molecule is CCOc1cc([N+](=O)[O-])c(C(=O)NC(C)c2ccc(Cl)cc2)cc1OC. The summed E-state index contributed by atoms with van der Waals surface area (Å²) in [5.74, 6) is -0.119. The Hall–Kier alpha value is -2.80. The molecule has 0 heterocycles. The molecule has 0 radical (unpaired) electrons. The number of nitro groups is 1. The molecule has 0 aliphatic heterocycles. The number of rotatable bonds is 7. The van der Waals surface area contributed by atoms with Gasteiger partial charge >= 0.3 is 0 Å². The lowest BCUT2D eigenvalue weighted by atomic mass is 10.1. The highest BCUT2D eigenvalue weighted by Crippen LogP contribution is 2.35. The van der Waals surface area contributed by atoms with Crippen LogP contribution < -0.4 is 14.8 Å². The number of ether oxygens (including phenoxy) is 2. The molecule has 8 heteroatoms. The lowest BCUT2D eigenvalue weighted by molar-refractivity contribution is -0.385. The first kappa shape index (κ1) is 19.5. The number of halogens is 1. The van der Waals surface area contributed by atoms with Crippen molar-refractivity contribution in [1.82, 2.24) is 5.32 Å². The number of methoxy groups -OCH3 is 1. The summed E-state index contributed by atoms with van der Waals surface area (Å²) >= 11 is 5.86. The fourth-order valence-corrected chi connectivity index (χ4v) is 2.55. The lowest BCUT2D eigenvalue weighted by Crippen LogP contribution is -2.27. The van der Waals surface area contributed by atoms with Gasteiger partial charge < -0.3 is 14.8 Å². The van der Waals surface area contributed by atoms with E-state index in [-0.39, 0.29) is 28.8 Å². The van der Waals surface area contributed by atoms with Crippen molar-refractivity contribution in [2.45, 2.75) is 19.9 Å². The Morgan fingerprint density at radius 2 is 1.92 bits per heavy atom.